The van der Waals surface area contributed by atoms with Crippen molar-refractivity contribution in [3.8, 4) is 0 Å². The summed E-state index contributed by atoms with van der Waals surface area (Å²) in [5.41, 5.74) is 3.23. The van der Waals surface area contributed by atoms with Crippen LogP contribution in [0.15, 0.2) is 29.3 Å². The molecule has 1 aromatic carbocycles. The van der Waals surface area contributed by atoms with E-state index in [9.17, 15) is 0 Å². The first-order chi connectivity index (χ1) is 12.9. The number of benzene rings is 1. The summed E-state index contributed by atoms with van der Waals surface area (Å²) in [5, 5.41) is 6.75. The third-order valence-corrected chi connectivity index (χ3v) is 4.75. The molecular weight excluding hydrogens is 366 g/mol. The van der Waals surface area contributed by atoms with Crippen LogP contribution in [0.4, 0.5) is 17.5 Å². The zero-order chi connectivity index (χ0) is 21.5. The second kappa shape index (κ2) is 10.1. The largest absolute Gasteiger partial charge is 0.350 e. The number of aryl methyl sites for hydroxylation is 2. The lowest BCUT2D eigenvalue weighted by atomic mass is 10.1. The van der Waals surface area contributed by atoms with Crippen LogP contribution in [-0.2, 0) is 0 Å². The maximum atomic E-state index is 4.63. The molecule has 0 aliphatic heterocycles. The van der Waals surface area contributed by atoms with E-state index in [1.165, 1.54) is 10.5 Å². The average molecular weight is 404 g/mol. The molecule has 2 aromatic rings. The van der Waals surface area contributed by atoms with E-state index in [0.29, 0.717) is 5.95 Å². The molecule has 28 heavy (non-hydrogen) atoms. The van der Waals surface area contributed by atoms with Crippen molar-refractivity contribution in [1.82, 2.24) is 14.7 Å². The molecule has 3 N–H and O–H groups in total. The molecule has 0 saturated carbocycles. The maximum Gasteiger partial charge on any atom is 0.225 e. The molecule has 156 valence electrons. The number of hydrogen-bond donors (Lipinski definition) is 3. The monoisotopic (exact) mass is 403 g/mol. The lowest BCUT2D eigenvalue weighted by Gasteiger charge is -2.21. The number of nitrogens with zero attached hydrogens (tertiary/aromatic N) is 2. The van der Waals surface area contributed by atoms with Gasteiger partial charge in [0.2, 0.25) is 5.95 Å². The second-order valence-corrected chi connectivity index (χ2v) is 9.51. The van der Waals surface area contributed by atoms with Gasteiger partial charge in [0.15, 0.2) is 0 Å². The highest BCUT2D eigenvalue weighted by Gasteiger charge is 2.14. The van der Waals surface area contributed by atoms with E-state index >= 15 is 0 Å². The minimum absolute atomic E-state index is 0.0529. The fourth-order valence-electron chi connectivity index (χ4n) is 2.10. The predicted octanol–water partition coefficient (Wildman–Crippen LogP) is 6.47. The van der Waals surface area contributed by atoms with Gasteiger partial charge in [-0.25, -0.2) is 4.98 Å². The Morgan fingerprint density at radius 3 is 2.11 bits per heavy atom. The molecule has 0 saturated heterocycles. The van der Waals surface area contributed by atoms with E-state index in [-0.39, 0.29) is 11.1 Å². The van der Waals surface area contributed by atoms with Crippen LogP contribution in [0.2, 0.25) is 0 Å². The van der Waals surface area contributed by atoms with Crippen molar-refractivity contribution in [1.29, 1.82) is 0 Å². The van der Waals surface area contributed by atoms with Gasteiger partial charge in [-0.2, -0.15) is 4.98 Å². The molecule has 1 aromatic heterocycles. The first kappa shape index (κ1) is 24.2. The molecule has 0 aliphatic carbocycles. The molecule has 0 spiro atoms. The Balaban J connectivity index is 0.00000190. The van der Waals surface area contributed by atoms with Gasteiger partial charge in [0.1, 0.15) is 5.82 Å². The third kappa shape index (κ3) is 8.48. The molecular formula is C22H37N5S. The van der Waals surface area contributed by atoms with Crippen molar-refractivity contribution in [2.24, 2.45) is 0 Å². The summed E-state index contributed by atoms with van der Waals surface area (Å²) in [5.74, 6) is 1.44. The quantitative estimate of drug-likeness (QED) is 0.497. The highest BCUT2D eigenvalue weighted by molar-refractivity contribution is 7.97. The minimum atomic E-state index is -0.0845. The summed E-state index contributed by atoms with van der Waals surface area (Å²) in [6.45, 7) is 20.9. The molecule has 2 rings (SSSR count). The van der Waals surface area contributed by atoms with Gasteiger partial charge in [-0.3, -0.25) is 4.72 Å². The van der Waals surface area contributed by atoms with Crippen LogP contribution >= 0.6 is 11.9 Å². The van der Waals surface area contributed by atoms with Gasteiger partial charge in [-0.05, 0) is 85.0 Å². The fraction of sp³-hybridized carbons (Fsp3) is 0.545. The number of aromatic nitrogens is 2. The fourth-order valence-corrected chi connectivity index (χ4v) is 2.93. The molecule has 1 heterocycles. The lowest BCUT2D eigenvalue weighted by molar-refractivity contribution is 0.535. The highest BCUT2D eigenvalue weighted by atomic mass is 32.2. The Labute approximate surface area is 175 Å². The van der Waals surface area contributed by atoms with Crippen LogP contribution in [0.1, 0.15) is 66.5 Å². The smallest absolute Gasteiger partial charge is 0.225 e. The molecule has 0 radical (unpaired) electrons. The summed E-state index contributed by atoms with van der Waals surface area (Å²) < 4.78 is 3.47. The van der Waals surface area contributed by atoms with Gasteiger partial charge in [0.05, 0.1) is 0 Å². The average Bonchev–Trinajstić information content (AvgIpc) is 2.58. The lowest BCUT2D eigenvalue weighted by Crippen LogP contribution is -2.29. The Morgan fingerprint density at radius 1 is 0.893 bits per heavy atom. The highest BCUT2D eigenvalue weighted by Crippen LogP contribution is 2.28. The van der Waals surface area contributed by atoms with Crippen LogP contribution in [0.5, 0.6) is 0 Å². The van der Waals surface area contributed by atoms with Gasteiger partial charge in [-0.15, -0.1) is 0 Å². The van der Waals surface area contributed by atoms with Crippen molar-refractivity contribution in [3.63, 3.8) is 0 Å². The van der Waals surface area contributed by atoms with E-state index in [1.54, 1.807) is 11.9 Å². The number of anilines is 3. The van der Waals surface area contributed by atoms with Crippen LogP contribution in [0, 0.1) is 13.8 Å². The van der Waals surface area contributed by atoms with Crippen molar-refractivity contribution in [3.05, 3.63) is 35.5 Å². The summed E-state index contributed by atoms with van der Waals surface area (Å²) in [4.78, 5) is 10.2. The second-order valence-electron chi connectivity index (χ2n) is 8.66. The zero-order valence-electron chi connectivity index (χ0n) is 19.1. The summed E-state index contributed by atoms with van der Waals surface area (Å²) in [7, 11) is 0. The van der Waals surface area contributed by atoms with Crippen molar-refractivity contribution < 1.29 is 0 Å². The summed E-state index contributed by atoms with van der Waals surface area (Å²) in [6.07, 6.45) is 1.84. The minimum Gasteiger partial charge on any atom is -0.350 e. The van der Waals surface area contributed by atoms with E-state index in [2.05, 4.69) is 92.0 Å². The molecule has 5 nitrogen and oxygen atoms in total. The van der Waals surface area contributed by atoms with E-state index < -0.39 is 0 Å². The van der Waals surface area contributed by atoms with Gasteiger partial charge in [0, 0.05) is 33.4 Å². The topological polar surface area (TPSA) is 61.9 Å². The SMILES string of the molecule is CC.Cc1ccc(Nc2nc(NC(C)(C)C)ncc2C)cc1SNC(C)(C)C. The van der Waals surface area contributed by atoms with Crippen molar-refractivity contribution in [2.45, 2.75) is 85.2 Å². The van der Waals surface area contributed by atoms with Gasteiger partial charge >= 0.3 is 0 Å². The van der Waals surface area contributed by atoms with E-state index in [4.69, 9.17) is 0 Å². The van der Waals surface area contributed by atoms with Crippen LogP contribution in [-0.4, -0.2) is 21.0 Å². The summed E-state index contributed by atoms with van der Waals surface area (Å²) >= 11 is 1.66. The normalized spacial score (nSPS) is 11.5. The standard InChI is InChI=1S/C20H31N5S.C2H6/c1-13-9-10-15(11-16(13)26-25-20(6,7)8)22-17-14(2)12-21-18(23-17)24-19(3,4)5;1-2/h9-12,25H,1-8H3,(H2,21,22,23,24);1-2H3. The zero-order valence-corrected chi connectivity index (χ0v) is 19.9. The molecule has 0 amide bonds. The Bertz CT molecular complexity index is 760. The molecule has 0 unspecified atom stereocenters. The maximum absolute atomic E-state index is 4.63. The third-order valence-electron chi connectivity index (χ3n) is 3.38. The molecule has 0 fully saturated rings. The Kier molecular flexibility index (Phi) is 8.76. The van der Waals surface area contributed by atoms with Gasteiger partial charge < -0.3 is 10.6 Å². The molecule has 0 aliphatic rings. The van der Waals surface area contributed by atoms with Crippen LogP contribution in [0.3, 0.4) is 0 Å². The van der Waals surface area contributed by atoms with E-state index in [1.807, 2.05) is 27.0 Å². The Morgan fingerprint density at radius 2 is 1.54 bits per heavy atom. The van der Waals surface area contributed by atoms with Crippen molar-refractivity contribution in [2.75, 3.05) is 10.6 Å². The first-order valence-corrected chi connectivity index (χ1v) is 10.7. The predicted molar refractivity (Wildman–Crippen MR) is 125 cm³/mol. The Hall–Kier alpha value is -1.79. The molecule has 0 bridgehead atoms. The number of hydrogen-bond acceptors (Lipinski definition) is 6. The number of nitrogens with one attached hydrogen (secondary N) is 3. The molecule has 6 heteroatoms. The van der Waals surface area contributed by atoms with Gasteiger partial charge in [0.25, 0.3) is 0 Å². The van der Waals surface area contributed by atoms with E-state index in [0.717, 1.165) is 17.1 Å². The van der Waals surface area contributed by atoms with Crippen LogP contribution < -0.4 is 15.4 Å². The number of rotatable bonds is 5. The van der Waals surface area contributed by atoms with Crippen LogP contribution in [0.25, 0.3) is 0 Å². The van der Waals surface area contributed by atoms with Crippen molar-refractivity contribution >= 4 is 29.4 Å². The van der Waals surface area contributed by atoms with Gasteiger partial charge in [-0.1, -0.05) is 19.9 Å². The first-order valence-electron chi connectivity index (χ1n) is 9.86. The molecule has 0 atom stereocenters. The summed E-state index contributed by atoms with van der Waals surface area (Å²) in [6, 6.07) is 6.35.